The standard InChI is InChI=1S/C14H15N3O3S.Na.H/c1-17(2)14-6-4-3-5-13(14)16-15-11-7-9-12(10-8-11)21(18,19)20;;/h3-10H,1-2H3,(H,18,19,20);;/q;+1;-1. The summed E-state index contributed by atoms with van der Waals surface area (Å²) in [6, 6.07) is 13.1. The van der Waals surface area contributed by atoms with Gasteiger partial charge in [0.25, 0.3) is 10.1 Å². The van der Waals surface area contributed by atoms with Gasteiger partial charge in [-0.15, -0.1) is 5.11 Å². The molecular weight excluding hydrogens is 313 g/mol. The Morgan fingerprint density at radius 3 is 2.14 bits per heavy atom. The second kappa shape index (κ2) is 7.85. The molecule has 6 nitrogen and oxygen atoms in total. The van der Waals surface area contributed by atoms with E-state index in [0.717, 1.165) is 5.69 Å². The van der Waals surface area contributed by atoms with E-state index in [1.807, 2.05) is 43.3 Å². The Labute approximate surface area is 153 Å². The van der Waals surface area contributed by atoms with E-state index in [-0.39, 0.29) is 35.9 Å². The van der Waals surface area contributed by atoms with Gasteiger partial charge in [0.2, 0.25) is 0 Å². The zero-order valence-corrected chi connectivity index (χ0v) is 15.4. The SMILES string of the molecule is CN(C)c1ccccc1N=Nc1ccc(S(=O)(=O)O)cc1.[H-].[Na+]. The molecule has 0 aliphatic carbocycles. The second-order valence-corrected chi connectivity index (χ2v) is 5.97. The van der Waals surface area contributed by atoms with E-state index in [1.54, 1.807) is 0 Å². The van der Waals surface area contributed by atoms with Crippen LogP contribution >= 0.6 is 0 Å². The summed E-state index contributed by atoms with van der Waals surface area (Å²) >= 11 is 0. The van der Waals surface area contributed by atoms with E-state index in [1.165, 1.54) is 24.3 Å². The minimum Gasteiger partial charge on any atom is -1.00 e. The van der Waals surface area contributed by atoms with E-state index >= 15 is 0 Å². The second-order valence-electron chi connectivity index (χ2n) is 4.55. The summed E-state index contributed by atoms with van der Waals surface area (Å²) in [6.45, 7) is 0. The molecule has 0 radical (unpaired) electrons. The molecule has 0 heterocycles. The monoisotopic (exact) mass is 329 g/mol. The number of benzene rings is 2. The van der Waals surface area contributed by atoms with Gasteiger partial charge in [0.15, 0.2) is 0 Å². The van der Waals surface area contributed by atoms with Crippen LogP contribution in [0.25, 0.3) is 0 Å². The molecule has 0 aromatic heterocycles. The van der Waals surface area contributed by atoms with Crippen LogP contribution in [0.5, 0.6) is 0 Å². The number of anilines is 1. The van der Waals surface area contributed by atoms with Crippen molar-refractivity contribution >= 4 is 27.2 Å². The Bertz CT molecular complexity index is 765. The first-order chi connectivity index (χ1) is 9.88. The number of azo groups is 1. The van der Waals surface area contributed by atoms with Gasteiger partial charge >= 0.3 is 29.6 Å². The van der Waals surface area contributed by atoms with Crippen LogP contribution in [0.15, 0.2) is 63.7 Å². The average molecular weight is 329 g/mol. The third kappa shape index (κ3) is 4.89. The Morgan fingerprint density at radius 1 is 1.00 bits per heavy atom. The number of hydrogen-bond acceptors (Lipinski definition) is 5. The maximum Gasteiger partial charge on any atom is 1.00 e. The molecule has 2 rings (SSSR count). The number of nitrogens with zero attached hydrogens (tertiary/aromatic N) is 3. The topological polar surface area (TPSA) is 82.3 Å². The molecule has 112 valence electrons. The maximum atomic E-state index is 10.9. The molecule has 2 aromatic rings. The molecule has 0 aliphatic rings. The largest absolute Gasteiger partial charge is 1.00 e. The molecular formula is C14H16N3NaO3S. The van der Waals surface area contributed by atoms with Crippen molar-refractivity contribution in [2.75, 3.05) is 19.0 Å². The molecule has 0 saturated heterocycles. The molecule has 0 unspecified atom stereocenters. The number of para-hydroxylation sites is 1. The third-order valence-electron chi connectivity index (χ3n) is 2.77. The summed E-state index contributed by atoms with van der Waals surface area (Å²) in [4.78, 5) is 1.76. The van der Waals surface area contributed by atoms with Gasteiger partial charge in [-0.3, -0.25) is 4.55 Å². The van der Waals surface area contributed by atoms with Crippen LogP contribution in [-0.4, -0.2) is 27.1 Å². The van der Waals surface area contributed by atoms with Crippen molar-refractivity contribution in [1.29, 1.82) is 0 Å². The molecule has 0 spiro atoms. The average Bonchev–Trinajstić information content (AvgIpc) is 2.45. The van der Waals surface area contributed by atoms with E-state index in [9.17, 15) is 8.42 Å². The zero-order valence-electron chi connectivity index (χ0n) is 13.6. The van der Waals surface area contributed by atoms with Crippen molar-refractivity contribution in [3.8, 4) is 0 Å². The van der Waals surface area contributed by atoms with Crippen LogP contribution in [0.2, 0.25) is 0 Å². The molecule has 0 fully saturated rings. The first-order valence-corrected chi connectivity index (χ1v) is 7.57. The van der Waals surface area contributed by atoms with Crippen LogP contribution in [0, 0.1) is 0 Å². The van der Waals surface area contributed by atoms with Gasteiger partial charge in [0.1, 0.15) is 5.69 Å². The van der Waals surface area contributed by atoms with Crippen molar-refractivity contribution in [1.82, 2.24) is 0 Å². The summed E-state index contributed by atoms with van der Waals surface area (Å²) in [6.07, 6.45) is 0. The van der Waals surface area contributed by atoms with Crippen molar-refractivity contribution < 1.29 is 44.0 Å². The van der Waals surface area contributed by atoms with Crippen molar-refractivity contribution in [3.63, 3.8) is 0 Å². The van der Waals surface area contributed by atoms with Gasteiger partial charge < -0.3 is 6.33 Å². The fourth-order valence-electron chi connectivity index (χ4n) is 1.72. The quantitative estimate of drug-likeness (QED) is 0.504. The van der Waals surface area contributed by atoms with Gasteiger partial charge in [0.05, 0.1) is 16.3 Å². The molecule has 22 heavy (non-hydrogen) atoms. The Balaban J connectivity index is 0.00000242. The first kappa shape index (κ1) is 18.8. The number of hydrogen-bond donors (Lipinski definition) is 1. The zero-order chi connectivity index (χ0) is 15.5. The predicted octanol–water partition coefficient (Wildman–Crippen LogP) is 0.531. The predicted molar refractivity (Wildman–Crippen MR) is 82.3 cm³/mol. The molecule has 0 aliphatic heterocycles. The van der Waals surface area contributed by atoms with Crippen molar-refractivity contribution in [3.05, 3.63) is 48.5 Å². The molecule has 0 atom stereocenters. The van der Waals surface area contributed by atoms with Crippen LogP contribution in [0.4, 0.5) is 17.1 Å². The van der Waals surface area contributed by atoms with Crippen LogP contribution in [-0.2, 0) is 10.1 Å². The summed E-state index contributed by atoms with van der Waals surface area (Å²) in [5.74, 6) is 0. The van der Waals surface area contributed by atoms with Gasteiger partial charge in [-0.1, -0.05) is 12.1 Å². The Kier molecular flexibility index (Phi) is 6.70. The Morgan fingerprint density at radius 2 is 1.59 bits per heavy atom. The molecule has 2 aromatic carbocycles. The van der Waals surface area contributed by atoms with E-state index < -0.39 is 10.1 Å². The third-order valence-corrected chi connectivity index (χ3v) is 3.64. The van der Waals surface area contributed by atoms with Gasteiger partial charge in [0, 0.05) is 14.1 Å². The summed E-state index contributed by atoms with van der Waals surface area (Å²) in [5, 5.41) is 8.23. The van der Waals surface area contributed by atoms with E-state index in [2.05, 4.69) is 10.2 Å². The van der Waals surface area contributed by atoms with Crippen LogP contribution in [0.1, 0.15) is 1.43 Å². The van der Waals surface area contributed by atoms with Crippen molar-refractivity contribution in [2.24, 2.45) is 10.2 Å². The summed E-state index contributed by atoms with van der Waals surface area (Å²) in [5.41, 5.74) is 2.13. The summed E-state index contributed by atoms with van der Waals surface area (Å²) < 4.78 is 30.8. The first-order valence-electron chi connectivity index (χ1n) is 6.13. The van der Waals surface area contributed by atoms with Gasteiger partial charge in [-0.25, -0.2) is 0 Å². The Hall–Kier alpha value is -1.25. The van der Waals surface area contributed by atoms with E-state index in [0.29, 0.717) is 11.4 Å². The summed E-state index contributed by atoms with van der Waals surface area (Å²) in [7, 11) is -0.360. The molecule has 8 heteroatoms. The molecule has 0 bridgehead atoms. The van der Waals surface area contributed by atoms with Crippen LogP contribution in [0.3, 0.4) is 0 Å². The normalized spacial score (nSPS) is 11.2. The van der Waals surface area contributed by atoms with Gasteiger partial charge in [-0.2, -0.15) is 13.5 Å². The minimum atomic E-state index is -4.18. The maximum absolute atomic E-state index is 10.9. The van der Waals surface area contributed by atoms with Crippen molar-refractivity contribution in [2.45, 2.75) is 4.90 Å². The minimum absolute atomic E-state index is 0. The van der Waals surface area contributed by atoms with E-state index in [4.69, 9.17) is 4.55 Å². The van der Waals surface area contributed by atoms with Gasteiger partial charge in [-0.05, 0) is 36.4 Å². The molecule has 1 N–H and O–H groups in total. The fraction of sp³-hybridized carbons (Fsp3) is 0.143. The van der Waals surface area contributed by atoms with Crippen LogP contribution < -0.4 is 34.5 Å². The fourth-order valence-corrected chi connectivity index (χ4v) is 2.20. The molecule has 0 saturated carbocycles. The number of rotatable bonds is 4. The molecule has 0 amide bonds. The smallest absolute Gasteiger partial charge is 1.00 e.